The van der Waals surface area contributed by atoms with Crippen molar-refractivity contribution in [3.8, 4) is 0 Å². The molecule has 0 spiro atoms. The number of aryl methyl sites for hydroxylation is 1. The maximum absolute atomic E-state index is 4.79. The number of hydrogen-bond donors (Lipinski definition) is 0. The van der Waals surface area contributed by atoms with Gasteiger partial charge in [0.05, 0.1) is 11.0 Å². The Bertz CT molecular complexity index is 898. The quantitative estimate of drug-likeness (QED) is 0.456. The van der Waals surface area contributed by atoms with Crippen LogP contribution in [0, 0.1) is 6.92 Å². The van der Waals surface area contributed by atoms with Crippen LogP contribution in [0.5, 0.6) is 0 Å². The minimum atomic E-state index is 0.934. The molecule has 106 valence electrons. The average Bonchev–Trinajstić information content (AvgIpc) is 2.56. The summed E-state index contributed by atoms with van der Waals surface area (Å²) in [7, 11) is 0. The predicted octanol–water partition coefficient (Wildman–Crippen LogP) is 5.29. The number of rotatable bonds is 2. The molecule has 0 fully saturated rings. The Morgan fingerprint density at radius 2 is 1.23 bits per heavy atom. The van der Waals surface area contributed by atoms with Crippen molar-refractivity contribution in [3.63, 3.8) is 0 Å². The molecule has 1 aromatic heterocycles. The third-order valence-corrected chi connectivity index (χ3v) is 4.20. The molecule has 1 nitrogen and oxygen atoms in total. The molecule has 0 saturated carbocycles. The standard InChI is InChI=1S/C21H17N/c1-15-10-12-16(13-11-15)14-19-17-6-2-4-8-20(17)22-21-9-5-3-7-18(19)21/h2-13H,14H2,1H3. The molecule has 0 radical (unpaired) electrons. The van der Waals surface area contributed by atoms with Crippen LogP contribution in [0.15, 0.2) is 72.8 Å². The van der Waals surface area contributed by atoms with Gasteiger partial charge in [0, 0.05) is 10.8 Å². The van der Waals surface area contributed by atoms with E-state index >= 15 is 0 Å². The highest BCUT2D eigenvalue weighted by Gasteiger charge is 2.09. The zero-order chi connectivity index (χ0) is 14.9. The molecule has 0 aliphatic heterocycles. The molecule has 0 bridgehead atoms. The van der Waals surface area contributed by atoms with Crippen LogP contribution in [0.1, 0.15) is 16.7 Å². The van der Waals surface area contributed by atoms with Gasteiger partial charge in [0.2, 0.25) is 0 Å². The second kappa shape index (κ2) is 5.27. The molecule has 0 aliphatic rings. The summed E-state index contributed by atoms with van der Waals surface area (Å²) < 4.78 is 0. The molecule has 0 saturated heterocycles. The van der Waals surface area contributed by atoms with E-state index in [2.05, 4.69) is 79.7 Å². The van der Waals surface area contributed by atoms with Crippen molar-refractivity contribution in [2.24, 2.45) is 0 Å². The Kier molecular flexibility index (Phi) is 3.12. The lowest BCUT2D eigenvalue weighted by Gasteiger charge is -2.11. The molecule has 1 heterocycles. The van der Waals surface area contributed by atoms with Gasteiger partial charge < -0.3 is 0 Å². The number of pyridine rings is 1. The fraction of sp³-hybridized carbons (Fsp3) is 0.0952. The lowest BCUT2D eigenvalue weighted by Crippen LogP contribution is -1.94. The van der Waals surface area contributed by atoms with E-state index in [9.17, 15) is 0 Å². The Morgan fingerprint density at radius 1 is 0.682 bits per heavy atom. The van der Waals surface area contributed by atoms with Crippen molar-refractivity contribution < 1.29 is 0 Å². The number of fused-ring (bicyclic) bond motifs is 2. The third-order valence-electron chi connectivity index (χ3n) is 4.20. The van der Waals surface area contributed by atoms with Crippen molar-refractivity contribution in [2.75, 3.05) is 0 Å². The van der Waals surface area contributed by atoms with E-state index in [0.29, 0.717) is 0 Å². The molecular formula is C21H17N. The van der Waals surface area contributed by atoms with Crippen LogP contribution in [0.3, 0.4) is 0 Å². The highest BCUT2D eigenvalue weighted by atomic mass is 14.7. The van der Waals surface area contributed by atoms with Crippen molar-refractivity contribution in [3.05, 3.63) is 89.5 Å². The van der Waals surface area contributed by atoms with Gasteiger partial charge in [0.25, 0.3) is 0 Å². The summed E-state index contributed by atoms with van der Waals surface area (Å²) >= 11 is 0. The Hall–Kier alpha value is -2.67. The van der Waals surface area contributed by atoms with Gasteiger partial charge in [-0.15, -0.1) is 0 Å². The molecule has 0 unspecified atom stereocenters. The third kappa shape index (κ3) is 2.25. The first-order valence-electron chi connectivity index (χ1n) is 7.63. The van der Waals surface area contributed by atoms with E-state index in [4.69, 9.17) is 4.98 Å². The molecule has 0 N–H and O–H groups in total. The van der Waals surface area contributed by atoms with Crippen molar-refractivity contribution in [1.29, 1.82) is 0 Å². The SMILES string of the molecule is Cc1ccc(Cc2c3ccccc3nc3ccccc23)cc1. The first-order valence-corrected chi connectivity index (χ1v) is 7.63. The van der Waals surface area contributed by atoms with Crippen molar-refractivity contribution in [2.45, 2.75) is 13.3 Å². The minimum absolute atomic E-state index is 0.934. The molecule has 1 heteroatoms. The molecule has 0 aliphatic carbocycles. The monoisotopic (exact) mass is 283 g/mol. The van der Waals surface area contributed by atoms with Gasteiger partial charge in [-0.25, -0.2) is 4.98 Å². The van der Waals surface area contributed by atoms with E-state index in [-0.39, 0.29) is 0 Å². The largest absolute Gasteiger partial charge is 0.248 e. The van der Waals surface area contributed by atoms with Gasteiger partial charge in [-0.2, -0.15) is 0 Å². The molecule has 22 heavy (non-hydrogen) atoms. The van der Waals surface area contributed by atoms with Crippen LogP contribution in [-0.2, 0) is 6.42 Å². The summed E-state index contributed by atoms with van der Waals surface area (Å²) in [5, 5.41) is 2.50. The number of nitrogens with zero attached hydrogens (tertiary/aromatic N) is 1. The highest BCUT2D eigenvalue weighted by molar-refractivity contribution is 5.97. The van der Waals surface area contributed by atoms with Gasteiger partial charge >= 0.3 is 0 Å². The minimum Gasteiger partial charge on any atom is -0.248 e. The zero-order valence-electron chi connectivity index (χ0n) is 12.6. The summed E-state index contributed by atoms with van der Waals surface area (Å²) in [6, 6.07) is 25.7. The highest BCUT2D eigenvalue weighted by Crippen LogP contribution is 2.28. The van der Waals surface area contributed by atoms with Crippen LogP contribution in [-0.4, -0.2) is 4.98 Å². The van der Waals surface area contributed by atoms with Crippen LogP contribution in [0.25, 0.3) is 21.8 Å². The first-order chi connectivity index (χ1) is 10.8. The normalized spacial score (nSPS) is 11.1. The number of aromatic nitrogens is 1. The first kappa shape index (κ1) is 13.0. The van der Waals surface area contributed by atoms with Gasteiger partial charge in [0.1, 0.15) is 0 Å². The molecular weight excluding hydrogens is 266 g/mol. The number of para-hydroxylation sites is 2. The Morgan fingerprint density at radius 3 is 1.82 bits per heavy atom. The van der Waals surface area contributed by atoms with E-state index in [1.165, 1.54) is 27.5 Å². The lowest BCUT2D eigenvalue weighted by molar-refractivity contribution is 1.22. The molecule has 0 amide bonds. The maximum Gasteiger partial charge on any atom is 0.0712 e. The molecule has 4 aromatic rings. The lowest BCUT2D eigenvalue weighted by atomic mass is 9.96. The van der Waals surface area contributed by atoms with Gasteiger partial charge in [-0.05, 0) is 36.6 Å². The smallest absolute Gasteiger partial charge is 0.0712 e. The molecule has 0 atom stereocenters. The summed E-state index contributed by atoms with van der Waals surface area (Å²) in [6.45, 7) is 2.13. The fourth-order valence-electron chi connectivity index (χ4n) is 3.03. The summed E-state index contributed by atoms with van der Waals surface area (Å²) in [6.07, 6.45) is 0.934. The molecule has 4 rings (SSSR count). The van der Waals surface area contributed by atoms with Crippen LogP contribution in [0.2, 0.25) is 0 Å². The fourth-order valence-corrected chi connectivity index (χ4v) is 3.03. The summed E-state index contributed by atoms with van der Waals surface area (Å²) in [5.74, 6) is 0. The van der Waals surface area contributed by atoms with E-state index in [0.717, 1.165) is 17.5 Å². The van der Waals surface area contributed by atoms with Gasteiger partial charge in [0.15, 0.2) is 0 Å². The predicted molar refractivity (Wildman–Crippen MR) is 93.2 cm³/mol. The van der Waals surface area contributed by atoms with Gasteiger partial charge in [-0.1, -0.05) is 66.2 Å². The number of benzene rings is 3. The van der Waals surface area contributed by atoms with Crippen molar-refractivity contribution in [1.82, 2.24) is 4.98 Å². The van der Waals surface area contributed by atoms with Crippen molar-refractivity contribution >= 4 is 21.8 Å². The molecule has 3 aromatic carbocycles. The van der Waals surface area contributed by atoms with E-state index < -0.39 is 0 Å². The zero-order valence-corrected chi connectivity index (χ0v) is 12.6. The summed E-state index contributed by atoms with van der Waals surface area (Å²) in [5.41, 5.74) is 6.15. The van der Waals surface area contributed by atoms with E-state index in [1.807, 2.05) is 0 Å². The number of hydrogen-bond acceptors (Lipinski definition) is 1. The maximum atomic E-state index is 4.79. The second-order valence-electron chi connectivity index (χ2n) is 5.79. The topological polar surface area (TPSA) is 12.9 Å². The van der Waals surface area contributed by atoms with E-state index in [1.54, 1.807) is 0 Å². The van der Waals surface area contributed by atoms with Gasteiger partial charge in [-0.3, -0.25) is 0 Å². The van der Waals surface area contributed by atoms with Crippen LogP contribution < -0.4 is 0 Å². The summed E-state index contributed by atoms with van der Waals surface area (Å²) in [4.78, 5) is 4.79. The second-order valence-corrected chi connectivity index (χ2v) is 5.79. The Labute approximate surface area is 130 Å². The average molecular weight is 283 g/mol. The Balaban J connectivity index is 1.97. The van der Waals surface area contributed by atoms with Crippen LogP contribution in [0.4, 0.5) is 0 Å². The van der Waals surface area contributed by atoms with Crippen LogP contribution >= 0.6 is 0 Å².